The maximum Gasteiger partial charge on any atom is 0.407 e. The van der Waals surface area contributed by atoms with Gasteiger partial charge in [0.25, 0.3) is 0 Å². The first kappa shape index (κ1) is 21.8. The van der Waals surface area contributed by atoms with Gasteiger partial charge < -0.3 is 25.2 Å². The summed E-state index contributed by atoms with van der Waals surface area (Å²) in [5.41, 5.74) is 3.30. The van der Waals surface area contributed by atoms with Crippen LogP contribution in [0.15, 0.2) is 48.5 Å². The third-order valence-electron chi connectivity index (χ3n) is 6.37. The van der Waals surface area contributed by atoms with Crippen molar-refractivity contribution in [3.63, 3.8) is 0 Å². The largest absolute Gasteiger partial charge is 0.479 e. The van der Waals surface area contributed by atoms with E-state index in [1.54, 1.807) is 0 Å². The minimum absolute atomic E-state index is 0.0703. The van der Waals surface area contributed by atoms with E-state index in [2.05, 4.69) is 17.4 Å². The zero-order valence-electron chi connectivity index (χ0n) is 17.8. The number of likely N-dealkylation sites (N-methyl/N-ethyl adjacent to an activating group) is 1. The van der Waals surface area contributed by atoms with Gasteiger partial charge in [0.2, 0.25) is 5.91 Å². The van der Waals surface area contributed by atoms with Gasteiger partial charge in [-0.3, -0.25) is 4.79 Å². The fraction of sp³-hybridized carbons (Fsp3) is 0.375. The van der Waals surface area contributed by atoms with Crippen LogP contribution in [0.3, 0.4) is 0 Å². The molecular formula is C24H26N2O6. The summed E-state index contributed by atoms with van der Waals surface area (Å²) < 4.78 is 5.40. The molecular weight excluding hydrogens is 412 g/mol. The number of carboxylic acid groups (broad SMARTS) is 1. The molecule has 1 fully saturated rings. The second-order valence-corrected chi connectivity index (χ2v) is 8.35. The number of carbonyl (C=O) groups excluding carboxylic acids is 2. The molecule has 4 rings (SSSR count). The third-order valence-corrected chi connectivity index (χ3v) is 6.37. The highest BCUT2D eigenvalue weighted by molar-refractivity contribution is 5.89. The highest BCUT2D eigenvalue weighted by Gasteiger charge is 2.55. The minimum atomic E-state index is -1.16. The molecule has 2 amide bonds. The number of fused-ring (bicyclic) bond motifs is 3. The van der Waals surface area contributed by atoms with Crippen LogP contribution in [0, 0.1) is 0 Å². The van der Waals surface area contributed by atoms with Gasteiger partial charge in [-0.2, -0.15) is 0 Å². The third kappa shape index (κ3) is 4.05. The lowest BCUT2D eigenvalue weighted by Gasteiger charge is -2.25. The molecule has 168 valence electrons. The molecule has 2 aliphatic rings. The number of alkyl carbamates (subject to hydrolysis) is 1. The van der Waals surface area contributed by atoms with Crippen molar-refractivity contribution in [1.82, 2.24) is 10.2 Å². The van der Waals surface area contributed by atoms with Crippen molar-refractivity contribution in [3.05, 3.63) is 59.7 Å². The smallest absolute Gasteiger partial charge is 0.407 e. The molecule has 0 heterocycles. The molecule has 0 spiro atoms. The normalized spacial score (nSPS) is 16.4. The molecule has 0 saturated heterocycles. The standard InChI is InChI=1S/C24H26N2O6/c1-26(24(10-11-24)22(29)30)21(28)12-15(27)13-25-23(31)32-14-20-18-8-4-2-6-16(18)17-7-3-5-9-19(17)20/h2-9,15,20,27H,10-14H2,1H3,(H,25,31)(H,29,30). The Bertz CT molecular complexity index is 1000. The summed E-state index contributed by atoms with van der Waals surface area (Å²) in [5.74, 6) is -1.59. The zero-order chi connectivity index (χ0) is 22.9. The van der Waals surface area contributed by atoms with Crippen LogP contribution in [0.4, 0.5) is 4.79 Å². The maximum atomic E-state index is 12.3. The second-order valence-electron chi connectivity index (χ2n) is 8.35. The molecule has 0 bridgehead atoms. The van der Waals surface area contributed by atoms with Gasteiger partial charge in [-0.05, 0) is 35.1 Å². The van der Waals surface area contributed by atoms with E-state index in [4.69, 9.17) is 4.74 Å². The monoisotopic (exact) mass is 438 g/mol. The average Bonchev–Trinajstić information content (AvgIpc) is 3.54. The number of ether oxygens (including phenoxy) is 1. The Morgan fingerprint density at radius 1 is 1.09 bits per heavy atom. The Morgan fingerprint density at radius 2 is 1.66 bits per heavy atom. The van der Waals surface area contributed by atoms with Gasteiger partial charge in [0, 0.05) is 19.5 Å². The number of carboxylic acids is 1. The van der Waals surface area contributed by atoms with Crippen molar-refractivity contribution in [2.24, 2.45) is 0 Å². The fourth-order valence-corrected chi connectivity index (χ4v) is 4.31. The molecule has 3 N–H and O–H groups in total. The number of hydrogen-bond acceptors (Lipinski definition) is 5. The maximum absolute atomic E-state index is 12.3. The highest BCUT2D eigenvalue weighted by Crippen LogP contribution is 2.44. The molecule has 0 radical (unpaired) electrons. The number of benzene rings is 2. The number of aliphatic hydroxyl groups is 1. The van der Waals surface area contributed by atoms with Crippen molar-refractivity contribution in [2.75, 3.05) is 20.2 Å². The molecule has 2 aromatic carbocycles. The number of carbonyl (C=O) groups is 3. The van der Waals surface area contributed by atoms with Crippen LogP contribution in [-0.2, 0) is 14.3 Å². The number of rotatable bonds is 8. The Morgan fingerprint density at radius 3 is 2.19 bits per heavy atom. The van der Waals surface area contributed by atoms with Gasteiger partial charge in [-0.15, -0.1) is 0 Å². The van der Waals surface area contributed by atoms with Crippen LogP contribution in [0.2, 0.25) is 0 Å². The van der Waals surface area contributed by atoms with E-state index in [9.17, 15) is 24.6 Å². The van der Waals surface area contributed by atoms with Crippen LogP contribution in [0.5, 0.6) is 0 Å². The Kier molecular flexibility index (Phi) is 5.88. The summed E-state index contributed by atoms with van der Waals surface area (Å²) in [5, 5.41) is 21.9. The highest BCUT2D eigenvalue weighted by atomic mass is 16.5. The summed E-state index contributed by atoms with van der Waals surface area (Å²) >= 11 is 0. The summed E-state index contributed by atoms with van der Waals surface area (Å²) in [7, 11) is 1.43. The fourth-order valence-electron chi connectivity index (χ4n) is 4.31. The summed E-state index contributed by atoms with van der Waals surface area (Å²) in [6, 6.07) is 16.0. The Labute approximate surface area is 185 Å². The second kappa shape index (κ2) is 8.63. The summed E-state index contributed by atoms with van der Waals surface area (Å²) in [4.78, 5) is 37.0. The molecule has 0 aromatic heterocycles. The van der Waals surface area contributed by atoms with E-state index in [1.807, 2.05) is 36.4 Å². The molecule has 1 atom stereocenters. The number of nitrogens with zero attached hydrogens (tertiary/aromatic N) is 1. The lowest BCUT2D eigenvalue weighted by atomic mass is 9.98. The van der Waals surface area contributed by atoms with E-state index in [0.717, 1.165) is 22.3 Å². The van der Waals surface area contributed by atoms with Crippen LogP contribution >= 0.6 is 0 Å². The van der Waals surface area contributed by atoms with Gasteiger partial charge in [0.15, 0.2) is 0 Å². The molecule has 1 saturated carbocycles. The topological polar surface area (TPSA) is 116 Å². The number of aliphatic hydroxyl groups excluding tert-OH is 1. The van der Waals surface area contributed by atoms with Gasteiger partial charge >= 0.3 is 12.1 Å². The van der Waals surface area contributed by atoms with E-state index in [-0.39, 0.29) is 25.5 Å². The van der Waals surface area contributed by atoms with Gasteiger partial charge in [0.1, 0.15) is 12.1 Å². The van der Waals surface area contributed by atoms with Crippen LogP contribution < -0.4 is 5.32 Å². The van der Waals surface area contributed by atoms with Crippen molar-refractivity contribution >= 4 is 18.0 Å². The molecule has 2 aromatic rings. The molecule has 2 aliphatic carbocycles. The van der Waals surface area contributed by atoms with Crippen molar-refractivity contribution in [3.8, 4) is 11.1 Å². The molecule has 8 heteroatoms. The van der Waals surface area contributed by atoms with Gasteiger partial charge in [-0.1, -0.05) is 48.5 Å². The van der Waals surface area contributed by atoms with E-state index in [1.165, 1.54) is 11.9 Å². The van der Waals surface area contributed by atoms with Gasteiger partial charge in [0.05, 0.1) is 12.5 Å². The SMILES string of the molecule is CN(C(=O)CC(O)CNC(=O)OCC1c2ccccc2-c2ccccc21)C1(C(=O)O)CC1. The van der Waals surface area contributed by atoms with Crippen LogP contribution in [0.1, 0.15) is 36.3 Å². The predicted octanol–water partition coefficient (Wildman–Crippen LogP) is 2.35. The summed E-state index contributed by atoms with van der Waals surface area (Å²) in [6.07, 6.45) is -1.31. The van der Waals surface area contributed by atoms with Gasteiger partial charge in [-0.25, -0.2) is 9.59 Å². The lowest BCUT2D eigenvalue weighted by Crippen LogP contribution is -2.46. The molecule has 0 aliphatic heterocycles. The first-order chi connectivity index (χ1) is 15.3. The van der Waals surface area contributed by atoms with Crippen molar-refractivity contribution < 1.29 is 29.3 Å². The number of hydrogen-bond donors (Lipinski definition) is 3. The first-order valence-corrected chi connectivity index (χ1v) is 10.6. The minimum Gasteiger partial charge on any atom is -0.479 e. The number of amides is 2. The first-order valence-electron chi connectivity index (χ1n) is 10.6. The Hall–Kier alpha value is -3.39. The molecule has 8 nitrogen and oxygen atoms in total. The van der Waals surface area contributed by atoms with E-state index < -0.39 is 29.6 Å². The predicted molar refractivity (Wildman–Crippen MR) is 116 cm³/mol. The number of aliphatic carboxylic acids is 1. The van der Waals surface area contributed by atoms with Crippen LogP contribution in [-0.4, -0.2) is 64.9 Å². The lowest BCUT2D eigenvalue weighted by molar-refractivity contribution is -0.151. The van der Waals surface area contributed by atoms with E-state index in [0.29, 0.717) is 12.8 Å². The summed E-state index contributed by atoms with van der Waals surface area (Å²) in [6.45, 7) is -0.0188. The zero-order valence-corrected chi connectivity index (χ0v) is 17.8. The average molecular weight is 438 g/mol. The van der Waals surface area contributed by atoms with Crippen molar-refractivity contribution in [1.29, 1.82) is 0 Å². The molecule has 1 unspecified atom stereocenters. The Balaban J connectivity index is 1.27. The van der Waals surface area contributed by atoms with E-state index >= 15 is 0 Å². The molecule has 32 heavy (non-hydrogen) atoms. The quantitative estimate of drug-likeness (QED) is 0.583. The van der Waals surface area contributed by atoms with Crippen LogP contribution in [0.25, 0.3) is 11.1 Å². The van der Waals surface area contributed by atoms with Crippen molar-refractivity contribution in [2.45, 2.75) is 36.8 Å². The number of nitrogens with one attached hydrogen (secondary N) is 1.